The van der Waals surface area contributed by atoms with Crippen molar-refractivity contribution in [3.63, 3.8) is 0 Å². The highest BCUT2D eigenvalue weighted by Gasteiger charge is 2.40. The summed E-state index contributed by atoms with van der Waals surface area (Å²) in [6.45, 7) is 1.01. The maximum Gasteiger partial charge on any atom is 0.271 e. The van der Waals surface area contributed by atoms with E-state index in [9.17, 15) is 4.79 Å². The average molecular weight is 291 g/mol. The van der Waals surface area contributed by atoms with Gasteiger partial charge in [-0.25, -0.2) is 4.98 Å². The molecule has 2 bridgehead atoms. The molecule has 3 heterocycles. The van der Waals surface area contributed by atoms with Crippen LogP contribution in [0.15, 0.2) is 24.7 Å². The summed E-state index contributed by atoms with van der Waals surface area (Å²) in [6.07, 6.45) is 7.39. The first-order valence-electron chi connectivity index (χ1n) is 6.87. The average Bonchev–Trinajstić information content (AvgIpc) is 3.14. The minimum atomic E-state index is -0.103. The van der Waals surface area contributed by atoms with Gasteiger partial charge in [0.2, 0.25) is 0 Å². The Morgan fingerprint density at radius 1 is 1.50 bits per heavy atom. The zero-order chi connectivity index (χ0) is 13.7. The second kappa shape index (κ2) is 4.46. The van der Waals surface area contributed by atoms with Crippen molar-refractivity contribution in [3.05, 3.63) is 35.4 Å². The van der Waals surface area contributed by atoms with E-state index in [0.29, 0.717) is 22.7 Å². The Balaban J connectivity index is 1.54. The number of carbonyl (C=O) groups excluding carboxylic acids is 1. The largest absolute Gasteiger partial charge is 0.348 e. The molecule has 0 radical (unpaired) electrons. The fourth-order valence-corrected chi connectivity index (χ4v) is 3.55. The van der Waals surface area contributed by atoms with Gasteiger partial charge in [0, 0.05) is 31.0 Å². The molecule has 1 aliphatic heterocycles. The fraction of sp³-hybridized carbons (Fsp3) is 0.429. The van der Waals surface area contributed by atoms with E-state index in [1.165, 1.54) is 6.42 Å². The number of hydrogen-bond acceptors (Lipinski definition) is 3. The second-order valence-electron chi connectivity index (χ2n) is 5.65. The van der Waals surface area contributed by atoms with Crippen LogP contribution in [0.25, 0.3) is 5.52 Å². The number of nitrogens with zero attached hydrogens (tertiary/aromatic N) is 2. The van der Waals surface area contributed by atoms with Crippen LogP contribution in [0.2, 0.25) is 5.02 Å². The smallest absolute Gasteiger partial charge is 0.271 e. The van der Waals surface area contributed by atoms with Gasteiger partial charge in [-0.1, -0.05) is 11.6 Å². The van der Waals surface area contributed by atoms with Crippen LogP contribution >= 0.6 is 11.6 Å². The molecule has 0 spiro atoms. The van der Waals surface area contributed by atoms with Gasteiger partial charge >= 0.3 is 0 Å². The van der Waals surface area contributed by atoms with Crippen molar-refractivity contribution in [2.45, 2.75) is 24.9 Å². The number of rotatable bonds is 2. The van der Waals surface area contributed by atoms with Gasteiger partial charge in [-0.2, -0.15) is 0 Å². The van der Waals surface area contributed by atoms with Gasteiger partial charge in [-0.15, -0.1) is 0 Å². The van der Waals surface area contributed by atoms with Crippen molar-refractivity contribution in [2.24, 2.45) is 5.92 Å². The van der Waals surface area contributed by atoms with Crippen LogP contribution in [0.3, 0.4) is 0 Å². The van der Waals surface area contributed by atoms with E-state index < -0.39 is 0 Å². The van der Waals surface area contributed by atoms with Gasteiger partial charge in [0.25, 0.3) is 5.91 Å². The third kappa shape index (κ3) is 1.89. The molecule has 2 aromatic rings. The third-order valence-electron chi connectivity index (χ3n) is 4.40. The first kappa shape index (κ1) is 12.2. The van der Waals surface area contributed by atoms with E-state index in [2.05, 4.69) is 15.6 Å². The SMILES string of the molecule is O=C(NC1CC2CC1CN2)c1cn2ccc(Cl)c2cn1. The summed E-state index contributed by atoms with van der Waals surface area (Å²) in [7, 11) is 0. The molecule has 5 nitrogen and oxygen atoms in total. The van der Waals surface area contributed by atoms with Crippen LogP contribution in [0.4, 0.5) is 0 Å². The summed E-state index contributed by atoms with van der Waals surface area (Å²) in [5, 5.41) is 7.19. The van der Waals surface area contributed by atoms with Crippen LogP contribution < -0.4 is 10.6 Å². The number of aromatic nitrogens is 2. The molecule has 1 amide bonds. The second-order valence-corrected chi connectivity index (χ2v) is 6.05. The highest BCUT2D eigenvalue weighted by molar-refractivity contribution is 6.33. The van der Waals surface area contributed by atoms with E-state index in [1.807, 2.05) is 10.6 Å². The number of piperidine rings is 1. The lowest BCUT2D eigenvalue weighted by atomic mass is 10.0. The summed E-state index contributed by atoms with van der Waals surface area (Å²) in [4.78, 5) is 16.5. The normalized spacial score (nSPS) is 28.1. The van der Waals surface area contributed by atoms with Crippen LogP contribution in [-0.2, 0) is 0 Å². The summed E-state index contributed by atoms with van der Waals surface area (Å²) in [5.74, 6) is 0.461. The van der Waals surface area contributed by atoms with E-state index in [0.717, 1.165) is 18.5 Å². The molecule has 2 aliphatic rings. The number of hydrogen-bond donors (Lipinski definition) is 2. The molecule has 104 valence electrons. The quantitative estimate of drug-likeness (QED) is 0.880. The number of carbonyl (C=O) groups is 1. The number of amides is 1. The Kier molecular flexibility index (Phi) is 2.72. The molecular weight excluding hydrogens is 276 g/mol. The standard InChI is InChI=1S/C14H15ClN4O/c15-10-1-2-19-7-12(17-6-13(10)19)14(20)18-11-4-9-3-8(11)5-16-9/h1-2,6-9,11,16H,3-5H2,(H,18,20). The van der Waals surface area contributed by atoms with Crippen LogP contribution in [0.5, 0.6) is 0 Å². The van der Waals surface area contributed by atoms with Crippen LogP contribution in [0, 0.1) is 5.92 Å². The van der Waals surface area contributed by atoms with Gasteiger partial charge in [0.15, 0.2) is 0 Å². The molecule has 2 aromatic heterocycles. The van der Waals surface area contributed by atoms with Gasteiger partial charge < -0.3 is 15.0 Å². The number of nitrogens with one attached hydrogen (secondary N) is 2. The van der Waals surface area contributed by atoms with Gasteiger partial charge in [0.05, 0.1) is 16.7 Å². The maximum atomic E-state index is 12.3. The van der Waals surface area contributed by atoms with Crippen molar-refractivity contribution in [3.8, 4) is 0 Å². The first-order chi connectivity index (χ1) is 9.70. The monoisotopic (exact) mass is 290 g/mol. The fourth-order valence-electron chi connectivity index (χ4n) is 3.34. The predicted molar refractivity (Wildman–Crippen MR) is 76.0 cm³/mol. The Labute approximate surface area is 121 Å². The lowest BCUT2D eigenvalue weighted by Gasteiger charge is -2.23. The van der Waals surface area contributed by atoms with E-state index in [1.54, 1.807) is 18.5 Å². The Morgan fingerprint density at radius 3 is 3.15 bits per heavy atom. The van der Waals surface area contributed by atoms with E-state index >= 15 is 0 Å². The van der Waals surface area contributed by atoms with Crippen LogP contribution in [0.1, 0.15) is 23.3 Å². The molecule has 1 saturated heterocycles. The highest BCUT2D eigenvalue weighted by Crippen LogP contribution is 2.31. The lowest BCUT2D eigenvalue weighted by Crippen LogP contribution is -2.44. The minimum absolute atomic E-state index is 0.103. The molecule has 2 fully saturated rings. The molecule has 1 aliphatic carbocycles. The summed E-state index contributed by atoms with van der Waals surface area (Å²) >= 11 is 6.02. The van der Waals surface area contributed by atoms with Gasteiger partial charge in [-0.05, 0) is 24.8 Å². The Bertz CT molecular complexity index is 683. The topological polar surface area (TPSA) is 58.4 Å². The zero-order valence-corrected chi connectivity index (χ0v) is 11.6. The third-order valence-corrected chi connectivity index (χ3v) is 4.72. The van der Waals surface area contributed by atoms with E-state index in [4.69, 9.17) is 11.6 Å². The minimum Gasteiger partial charge on any atom is -0.348 e. The van der Waals surface area contributed by atoms with E-state index in [-0.39, 0.29) is 11.9 Å². The van der Waals surface area contributed by atoms with Crippen molar-refractivity contribution in [2.75, 3.05) is 6.54 Å². The summed E-state index contributed by atoms with van der Waals surface area (Å²) in [6, 6.07) is 2.64. The molecule has 0 aromatic carbocycles. The van der Waals surface area contributed by atoms with Gasteiger partial charge in [-0.3, -0.25) is 4.79 Å². The van der Waals surface area contributed by atoms with Crippen LogP contribution in [-0.4, -0.2) is 33.9 Å². The predicted octanol–water partition coefficient (Wildman–Crippen LogP) is 1.47. The highest BCUT2D eigenvalue weighted by atomic mass is 35.5. The maximum absolute atomic E-state index is 12.3. The lowest BCUT2D eigenvalue weighted by molar-refractivity contribution is 0.0919. The summed E-state index contributed by atoms with van der Waals surface area (Å²) < 4.78 is 1.83. The molecule has 2 N–H and O–H groups in total. The molecule has 3 atom stereocenters. The number of fused-ring (bicyclic) bond motifs is 3. The number of halogens is 1. The molecular formula is C14H15ClN4O. The molecule has 4 rings (SSSR count). The van der Waals surface area contributed by atoms with Crippen molar-refractivity contribution >= 4 is 23.0 Å². The molecule has 3 unspecified atom stereocenters. The molecule has 1 saturated carbocycles. The van der Waals surface area contributed by atoms with Crippen molar-refractivity contribution in [1.29, 1.82) is 0 Å². The molecule has 6 heteroatoms. The first-order valence-corrected chi connectivity index (χ1v) is 7.25. The van der Waals surface area contributed by atoms with Gasteiger partial charge in [0.1, 0.15) is 5.69 Å². The molecule has 20 heavy (non-hydrogen) atoms. The van der Waals surface area contributed by atoms with Crippen molar-refractivity contribution in [1.82, 2.24) is 20.0 Å². The zero-order valence-electron chi connectivity index (χ0n) is 10.8. The Hall–Kier alpha value is -1.59. The summed E-state index contributed by atoms with van der Waals surface area (Å²) in [5.41, 5.74) is 1.24. The van der Waals surface area contributed by atoms with Crippen molar-refractivity contribution < 1.29 is 4.79 Å². The Morgan fingerprint density at radius 2 is 2.40 bits per heavy atom.